The third-order valence-electron chi connectivity index (χ3n) is 5.16. The molecular weight excluding hydrogens is 357 g/mol. The highest BCUT2D eigenvalue weighted by molar-refractivity contribution is 5.96. The zero-order valence-electron chi connectivity index (χ0n) is 16.0. The zero-order chi connectivity index (χ0) is 19.7. The van der Waals surface area contributed by atoms with Crippen LogP contribution in [0.1, 0.15) is 21.7 Å². The number of rotatable bonds is 3. The molecular formula is C21H22FN5O. The molecule has 0 N–H and O–H groups in total. The van der Waals surface area contributed by atoms with Gasteiger partial charge in [-0.05, 0) is 38.1 Å². The van der Waals surface area contributed by atoms with Gasteiger partial charge in [0.1, 0.15) is 5.82 Å². The normalized spacial score (nSPS) is 14.4. The van der Waals surface area contributed by atoms with E-state index in [1.165, 1.54) is 6.07 Å². The summed E-state index contributed by atoms with van der Waals surface area (Å²) >= 11 is 0. The Morgan fingerprint density at radius 2 is 1.68 bits per heavy atom. The lowest BCUT2D eigenvalue weighted by molar-refractivity contribution is 0.0745. The number of halogens is 1. The van der Waals surface area contributed by atoms with Crippen LogP contribution in [-0.4, -0.2) is 51.5 Å². The van der Waals surface area contributed by atoms with Gasteiger partial charge in [0.15, 0.2) is 0 Å². The van der Waals surface area contributed by atoms with Crippen molar-refractivity contribution in [1.82, 2.24) is 19.4 Å². The van der Waals surface area contributed by atoms with Crippen LogP contribution >= 0.6 is 0 Å². The van der Waals surface area contributed by atoms with E-state index in [0.717, 1.165) is 11.4 Å². The van der Waals surface area contributed by atoms with Crippen LogP contribution in [0.2, 0.25) is 0 Å². The van der Waals surface area contributed by atoms with E-state index < -0.39 is 0 Å². The smallest absolute Gasteiger partial charge is 0.255 e. The van der Waals surface area contributed by atoms with Gasteiger partial charge in [-0.2, -0.15) is 0 Å². The van der Waals surface area contributed by atoms with E-state index in [9.17, 15) is 9.18 Å². The van der Waals surface area contributed by atoms with E-state index >= 15 is 0 Å². The Labute approximate surface area is 163 Å². The van der Waals surface area contributed by atoms with Crippen molar-refractivity contribution in [2.45, 2.75) is 13.8 Å². The molecule has 0 aliphatic carbocycles. The van der Waals surface area contributed by atoms with Crippen molar-refractivity contribution in [3.8, 4) is 5.69 Å². The Morgan fingerprint density at radius 1 is 1.00 bits per heavy atom. The molecule has 1 amide bonds. The molecule has 0 spiro atoms. The van der Waals surface area contributed by atoms with E-state index in [2.05, 4.69) is 14.9 Å². The number of carbonyl (C=O) groups is 1. The summed E-state index contributed by atoms with van der Waals surface area (Å²) in [7, 11) is 0. The third-order valence-corrected chi connectivity index (χ3v) is 5.16. The summed E-state index contributed by atoms with van der Waals surface area (Å²) in [5.74, 6) is 0.358. The van der Waals surface area contributed by atoms with Crippen molar-refractivity contribution in [3.05, 3.63) is 71.6 Å². The van der Waals surface area contributed by atoms with E-state index in [1.54, 1.807) is 41.2 Å². The van der Waals surface area contributed by atoms with Gasteiger partial charge in [0, 0.05) is 50.0 Å². The number of carbonyl (C=O) groups excluding carboxylic acids is 1. The molecule has 0 saturated carbocycles. The Bertz CT molecular complexity index is 993. The van der Waals surface area contributed by atoms with E-state index in [-0.39, 0.29) is 11.7 Å². The number of para-hydroxylation sites is 1. The molecule has 144 valence electrons. The molecule has 0 bridgehead atoms. The number of anilines is 1. The number of benzene rings is 1. The summed E-state index contributed by atoms with van der Waals surface area (Å²) < 4.78 is 16.1. The molecule has 0 unspecified atom stereocenters. The van der Waals surface area contributed by atoms with E-state index in [1.807, 2.05) is 24.8 Å². The Kier molecular flexibility index (Phi) is 4.81. The first-order valence-electron chi connectivity index (χ1n) is 9.31. The summed E-state index contributed by atoms with van der Waals surface area (Å²) in [5.41, 5.74) is 2.66. The maximum Gasteiger partial charge on any atom is 0.255 e. The molecule has 1 aromatic carbocycles. The first-order valence-corrected chi connectivity index (χ1v) is 9.31. The Morgan fingerprint density at radius 3 is 2.36 bits per heavy atom. The summed E-state index contributed by atoms with van der Waals surface area (Å²) in [6.45, 7) is 6.31. The second-order valence-corrected chi connectivity index (χ2v) is 6.90. The second-order valence-electron chi connectivity index (χ2n) is 6.90. The minimum atomic E-state index is -0.306. The molecule has 0 atom stereocenters. The highest BCUT2D eigenvalue weighted by Gasteiger charge is 2.26. The molecule has 3 heterocycles. The number of nitrogens with zero attached hydrogens (tertiary/aromatic N) is 5. The van der Waals surface area contributed by atoms with Crippen LogP contribution in [0.25, 0.3) is 5.69 Å². The first kappa shape index (κ1) is 18.2. The van der Waals surface area contributed by atoms with Crippen LogP contribution in [0.5, 0.6) is 0 Å². The number of piperazine rings is 1. The number of amides is 1. The fraction of sp³-hybridized carbons (Fsp3) is 0.286. The topological polar surface area (TPSA) is 54.3 Å². The number of aryl methyl sites for hydroxylation is 1. The Hall–Kier alpha value is -3.22. The highest BCUT2D eigenvalue weighted by Crippen LogP contribution is 2.24. The van der Waals surface area contributed by atoms with Crippen LogP contribution in [0.4, 0.5) is 10.3 Å². The lowest BCUT2D eigenvalue weighted by Crippen LogP contribution is -2.49. The lowest BCUT2D eigenvalue weighted by Gasteiger charge is -2.34. The summed E-state index contributed by atoms with van der Waals surface area (Å²) in [6, 6.07) is 10.2. The fourth-order valence-corrected chi connectivity index (χ4v) is 3.72. The predicted octanol–water partition coefficient (Wildman–Crippen LogP) is 2.99. The van der Waals surface area contributed by atoms with Crippen molar-refractivity contribution < 1.29 is 9.18 Å². The fourth-order valence-electron chi connectivity index (χ4n) is 3.72. The van der Waals surface area contributed by atoms with Gasteiger partial charge in [-0.25, -0.2) is 14.4 Å². The molecule has 6 nitrogen and oxygen atoms in total. The SMILES string of the molecule is Cc1cc(C(=O)N2CCN(c3ncccn3)CC2)c(C)n1-c1ccccc1F. The maximum atomic E-state index is 14.3. The molecule has 1 aliphatic heterocycles. The monoisotopic (exact) mass is 379 g/mol. The van der Waals surface area contributed by atoms with Gasteiger partial charge in [0.05, 0.1) is 11.3 Å². The van der Waals surface area contributed by atoms with Crippen LogP contribution in [0.15, 0.2) is 48.8 Å². The first-order chi connectivity index (χ1) is 13.6. The number of hydrogen-bond donors (Lipinski definition) is 0. The van der Waals surface area contributed by atoms with E-state index in [4.69, 9.17) is 0 Å². The molecule has 3 aromatic rings. The van der Waals surface area contributed by atoms with Crippen molar-refractivity contribution >= 4 is 11.9 Å². The molecule has 1 aliphatic rings. The average Bonchev–Trinajstić information content (AvgIpc) is 3.03. The third kappa shape index (κ3) is 3.24. The van der Waals surface area contributed by atoms with Crippen molar-refractivity contribution in [1.29, 1.82) is 0 Å². The van der Waals surface area contributed by atoms with E-state index in [0.29, 0.717) is 43.4 Å². The summed E-state index contributed by atoms with van der Waals surface area (Å²) in [5, 5.41) is 0. The number of hydrogen-bond acceptors (Lipinski definition) is 4. The lowest BCUT2D eigenvalue weighted by atomic mass is 10.2. The minimum Gasteiger partial charge on any atom is -0.337 e. The van der Waals surface area contributed by atoms with Crippen molar-refractivity contribution in [3.63, 3.8) is 0 Å². The van der Waals surface area contributed by atoms with Crippen molar-refractivity contribution in [2.75, 3.05) is 31.1 Å². The van der Waals surface area contributed by atoms with Crippen LogP contribution in [0.3, 0.4) is 0 Å². The Balaban J connectivity index is 1.54. The van der Waals surface area contributed by atoms with Gasteiger partial charge in [-0.15, -0.1) is 0 Å². The van der Waals surface area contributed by atoms with Gasteiger partial charge in [0.2, 0.25) is 5.95 Å². The highest BCUT2D eigenvalue weighted by atomic mass is 19.1. The van der Waals surface area contributed by atoms with Crippen LogP contribution in [-0.2, 0) is 0 Å². The summed E-state index contributed by atoms with van der Waals surface area (Å²) in [4.78, 5) is 25.6. The van der Waals surface area contributed by atoms with Gasteiger partial charge in [0.25, 0.3) is 5.91 Å². The van der Waals surface area contributed by atoms with Gasteiger partial charge in [-0.3, -0.25) is 4.79 Å². The van der Waals surface area contributed by atoms with Gasteiger partial charge < -0.3 is 14.4 Å². The van der Waals surface area contributed by atoms with Gasteiger partial charge >= 0.3 is 0 Å². The molecule has 0 radical (unpaired) electrons. The molecule has 7 heteroatoms. The average molecular weight is 379 g/mol. The van der Waals surface area contributed by atoms with Gasteiger partial charge in [-0.1, -0.05) is 12.1 Å². The molecule has 4 rings (SSSR count). The van der Waals surface area contributed by atoms with Crippen molar-refractivity contribution in [2.24, 2.45) is 0 Å². The molecule has 1 saturated heterocycles. The minimum absolute atomic E-state index is 0.0238. The summed E-state index contributed by atoms with van der Waals surface area (Å²) in [6.07, 6.45) is 3.44. The molecule has 1 fully saturated rings. The molecule has 28 heavy (non-hydrogen) atoms. The van der Waals surface area contributed by atoms with Crippen LogP contribution < -0.4 is 4.90 Å². The largest absolute Gasteiger partial charge is 0.337 e. The standard InChI is InChI=1S/C21H22FN5O/c1-15-14-17(16(2)27(15)19-7-4-3-6-18(19)22)20(28)25-10-12-26(13-11-25)21-23-8-5-9-24-21/h3-9,14H,10-13H2,1-2H3. The molecule has 2 aromatic heterocycles. The predicted molar refractivity (Wildman–Crippen MR) is 105 cm³/mol. The number of aromatic nitrogens is 3. The van der Waals surface area contributed by atoms with Crippen LogP contribution in [0, 0.1) is 19.7 Å². The second kappa shape index (κ2) is 7.42. The quantitative estimate of drug-likeness (QED) is 0.702. The maximum absolute atomic E-state index is 14.3. The zero-order valence-corrected chi connectivity index (χ0v) is 16.0.